The van der Waals surface area contributed by atoms with Gasteiger partial charge in [0.2, 0.25) is 0 Å². The molecule has 29 heavy (non-hydrogen) atoms. The monoisotopic (exact) mass is 396 g/mol. The van der Waals surface area contributed by atoms with Crippen molar-refractivity contribution in [2.45, 2.75) is 19.5 Å². The summed E-state index contributed by atoms with van der Waals surface area (Å²) in [6.45, 7) is 2.48. The predicted octanol–water partition coefficient (Wildman–Crippen LogP) is 2.93. The van der Waals surface area contributed by atoms with E-state index in [4.69, 9.17) is 9.47 Å². The van der Waals surface area contributed by atoms with Gasteiger partial charge < -0.3 is 20.1 Å². The third-order valence-corrected chi connectivity index (χ3v) is 4.47. The number of carbonyl (C=O) groups excluding carboxylic acids is 1. The van der Waals surface area contributed by atoms with Crippen molar-refractivity contribution in [3.8, 4) is 5.75 Å². The second-order valence-corrected chi connectivity index (χ2v) is 6.49. The molecule has 3 aromatic rings. The number of aromatic nitrogens is 2. The first kappa shape index (κ1) is 20.3. The summed E-state index contributed by atoms with van der Waals surface area (Å²) in [5.41, 5.74) is 1.02. The van der Waals surface area contributed by atoms with Crippen LogP contribution >= 0.6 is 0 Å². The second-order valence-electron chi connectivity index (χ2n) is 6.49. The van der Waals surface area contributed by atoms with Crippen LogP contribution < -0.4 is 20.9 Å². The average molecular weight is 396 g/mol. The zero-order chi connectivity index (χ0) is 20.8. The van der Waals surface area contributed by atoms with Crippen molar-refractivity contribution < 1.29 is 14.3 Å². The Kier molecular flexibility index (Phi) is 6.46. The molecule has 1 atom stereocenters. The van der Waals surface area contributed by atoms with E-state index in [0.29, 0.717) is 41.3 Å². The van der Waals surface area contributed by atoms with Crippen molar-refractivity contribution in [1.82, 2.24) is 14.9 Å². The number of rotatable bonds is 7. The summed E-state index contributed by atoms with van der Waals surface area (Å²) in [4.78, 5) is 30.0. The fraction of sp³-hybridized carbons (Fsp3) is 0.286. The minimum absolute atomic E-state index is 0.162. The van der Waals surface area contributed by atoms with Crippen LogP contribution in [-0.2, 0) is 11.3 Å². The molecular formula is C21H24N4O4. The van der Waals surface area contributed by atoms with Crippen LogP contribution in [0.25, 0.3) is 10.9 Å². The van der Waals surface area contributed by atoms with Gasteiger partial charge in [-0.2, -0.15) is 0 Å². The number of benzene rings is 2. The summed E-state index contributed by atoms with van der Waals surface area (Å²) in [5.74, 6) is 1.10. The average Bonchev–Trinajstić information content (AvgIpc) is 2.73. The van der Waals surface area contributed by atoms with Crippen molar-refractivity contribution >= 4 is 22.6 Å². The first-order chi connectivity index (χ1) is 14.0. The minimum atomic E-state index is -0.505. The summed E-state index contributed by atoms with van der Waals surface area (Å²) in [5, 5.41) is 6.13. The number of amides is 2. The summed E-state index contributed by atoms with van der Waals surface area (Å²) in [6.07, 6.45) is 0. The molecule has 0 radical (unpaired) electrons. The highest BCUT2D eigenvalue weighted by Crippen LogP contribution is 2.18. The van der Waals surface area contributed by atoms with Gasteiger partial charge in [0.15, 0.2) is 0 Å². The molecule has 0 unspecified atom stereocenters. The highest BCUT2D eigenvalue weighted by atomic mass is 16.5. The van der Waals surface area contributed by atoms with Crippen LogP contribution in [0.5, 0.6) is 5.75 Å². The lowest BCUT2D eigenvalue weighted by atomic mass is 10.2. The Hall–Kier alpha value is -3.39. The fourth-order valence-electron chi connectivity index (χ4n) is 3.04. The highest BCUT2D eigenvalue weighted by Gasteiger charge is 2.18. The van der Waals surface area contributed by atoms with Gasteiger partial charge in [0, 0.05) is 18.9 Å². The molecule has 0 aliphatic carbocycles. The molecule has 0 saturated carbocycles. The summed E-state index contributed by atoms with van der Waals surface area (Å²) in [7, 11) is 3.13. The van der Waals surface area contributed by atoms with E-state index in [2.05, 4.69) is 15.6 Å². The van der Waals surface area contributed by atoms with Crippen LogP contribution in [0.2, 0.25) is 0 Å². The van der Waals surface area contributed by atoms with E-state index in [-0.39, 0.29) is 5.56 Å². The Morgan fingerprint density at radius 3 is 2.72 bits per heavy atom. The minimum Gasteiger partial charge on any atom is -0.497 e. The van der Waals surface area contributed by atoms with Gasteiger partial charge in [-0.25, -0.2) is 9.78 Å². The number of fused-ring (bicyclic) bond motifs is 1. The molecule has 0 aliphatic rings. The standard InChI is InChI=1S/C21H24N4O4/c1-14(22-21(27)23-15-7-6-8-16(13-15)29-3)19-24-18-10-5-4-9-17(18)20(26)25(19)11-12-28-2/h4-10,13-14H,11-12H2,1-3H3,(H2,22,23,27)/t14-/m0/s1. The van der Waals surface area contributed by atoms with Gasteiger partial charge in [0.25, 0.3) is 5.56 Å². The van der Waals surface area contributed by atoms with Crippen LogP contribution in [0.3, 0.4) is 0 Å². The molecule has 0 spiro atoms. The lowest BCUT2D eigenvalue weighted by molar-refractivity contribution is 0.184. The largest absolute Gasteiger partial charge is 0.497 e. The van der Waals surface area contributed by atoms with Crippen LogP contribution in [0.4, 0.5) is 10.5 Å². The Balaban J connectivity index is 1.86. The SMILES string of the molecule is COCCn1c([C@H](C)NC(=O)Nc2cccc(OC)c2)nc2ccccc2c1=O. The van der Waals surface area contributed by atoms with Crippen LogP contribution in [0.15, 0.2) is 53.3 Å². The number of hydrogen-bond acceptors (Lipinski definition) is 5. The number of carbonyl (C=O) groups is 1. The maximum atomic E-state index is 12.9. The van der Waals surface area contributed by atoms with Gasteiger partial charge in [-0.15, -0.1) is 0 Å². The Morgan fingerprint density at radius 1 is 1.17 bits per heavy atom. The van der Waals surface area contributed by atoms with Gasteiger partial charge in [0.1, 0.15) is 11.6 Å². The van der Waals surface area contributed by atoms with E-state index in [0.717, 1.165) is 0 Å². The van der Waals surface area contributed by atoms with Gasteiger partial charge in [-0.3, -0.25) is 9.36 Å². The van der Waals surface area contributed by atoms with Gasteiger partial charge in [-0.05, 0) is 31.2 Å². The van der Waals surface area contributed by atoms with Crippen molar-refractivity contribution in [2.24, 2.45) is 0 Å². The Bertz CT molecular complexity index is 1060. The number of nitrogens with one attached hydrogen (secondary N) is 2. The van der Waals surface area contributed by atoms with Gasteiger partial charge in [0.05, 0.1) is 37.2 Å². The Labute approximate surface area is 168 Å². The van der Waals surface area contributed by atoms with Gasteiger partial charge >= 0.3 is 6.03 Å². The van der Waals surface area contributed by atoms with Crippen molar-refractivity contribution in [3.05, 3.63) is 64.7 Å². The molecule has 8 nitrogen and oxygen atoms in total. The lowest BCUT2D eigenvalue weighted by Gasteiger charge is -2.19. The van der Waals surface area contributed by atoms with Crippen LogP contribution in [0, 0.1) is 0 Å². The van der Waals surface area contributed by atoms with E-state index in [9.17, 15) is 9.59 Å². The van der Waals surface area contributed by atoms with Crippen molar-refractivity contribution in [3.63, 3.8) is 0 Å². The molecule has 2 N–H and O–H groups in total. The van der Waals surface area contributed by atoms with E-state index in [1.807, 2.05) is 6.07 Å². The van der Waals surface area contributed by atoms with E-state index in [1.165, 1.54) is 0 Å². The third-order valence-electron chi connectivity index (χ3n) is 4.47. The lowest BCUT2D eigenvalue weighted by Crippen LogP contribution is -2.36. The second kappa shape index (κ2) is 9.20. The maximum Gasteiger partial charge on any atom is 0.319 e. The summed E-state index contributed by atoms with van der Waals surface area (Å²) < 4.78 is 11.8. The molecule has 0 saturated heterocycles. The topological polar surface area (TPSA) is 94.5 Å². The number of nitrogens with zero attached hydrogens (tertiary/aromatic N) is 2. The van der Waals surface area contributed by atoms with E-state index in [1.54, 1.807) is 68.2 Å². The molecule has 152 valence electrons. The molecule has 0 aliphatic heterocycles. The first-order valence-corrected chi connectivity index (χ1v) is 9.23. The summed E-state index contributed by atoms with van der Waals surface area (Å²) in [6, 6.07) is 13.3. The van der Waals surface area contributed by atoms with Crippen LogP contribution in [-0.4, -0.2) is 36.4 Å². The molecule has 2 aromatic carbocycles. The molecule has 2 amide bonds. The molecule has 1 heterocycles. The number of anilines is 1. The molecule has 8 heteroatoms. The van der Waals surface area contributed by atoms with Gasteiger partial charge in [-0.1, -0.05) is 18.2 Å². The molecule has 1 aromatic heterocycles. The summed E-state index contributed by atoms with van der Waals surface area (Å²) >= 11 is 0. The zero-order valence-corrected chi connectivity index (χ0v) is 16.6. The quantitative estimate of drug-likeness (QED) is 0.640. The smallest absolute Gasteiger partial charge is 0.319 e. The predicted molar refractivity (Wildman–Crippen MR) is 111 cm³/mol. The number of methoxy groups -OCH3 is 2. The zero-order valence-electron chi connectivity index (χ0n) is 16.6. The number of hydrogen-bond donors (Lipinski definition) is 2. The normalized spacial score (nSPS) is 11.8. The van der Waals surface area contributed by atoms with E-state index < -0.39 is 12.1 Å². The number of ether oxygens (including phenoxy) is 2. The Morgan fingerprint density at radius 2 is 1.97 bits per heavy atom. The number of para-hydroxylation sites is 1. The molecule has 3 rings (SSSR count). The number of urea groups is 1. The highest BCUT2D eigenvalue weighted by molar-refractivity contribution is 5.89. The maximum absolute atomic E-state index is 12.9. The van der Waals surface area contributed by atoms with E-state index >= 15 is 0 Å². The van der Waals surface area contributed by atoms with Crippen molar-refractivity contribution in [1.29, 1.82) is 0 Å². The molecule has 0 bridgehead atoms. The van der Waals surface area contributed by atoms with Crippen molar-refractivity contribution in [2.75, 3.05) is 26.1 Å². The fourth-order valence-corrected chi connectivity index (χ4v) is 3.04. The third kappa shape index (κ3) is 4.72. The molecular weight excluding hydrogens is 372 g/mol. The van der Waals surface area contributed by atoms with Crippen LogP contribution in [0.1, 0.15) is 18.8 Å². The molecule has 0 fully saturated rings. The first-order valence-electron chi connectivity index (χ1n) is 9.23.